The van der Waals surface area contributed by atoms with Crippen molar-refractivity contribution in [2.45, 2.75) is 24.4 Å². The first-order valence-electron chi connectivity index (χ1n) is 8.71. The Kier molecular flexibility index (Phi) is 4.76. The number of hydrogen-bond acceptors (Lipinski definition) is 8. The third-order valence-electron chi connectivity index (χ3n) is 4.63. The first kappa shape index (κ1) is 19.9. The zero-order valence-electron chi connectivity index (χ0n) is 15.2. The predicted molar refractivity (Wildman–Crippen MR) is 98.2 cm³/mol. The van der Waals surface area contributed by atoms with Crippen molar-refractivity contribution in [3.8, 4) is 5.75 Å². The summed E-state index contributed by atoms with van der Waals surface area (Å²) in [6, 6.07) is 5.70. The summed E-state index contributed by atoms with van der Waals surface area (Å²) in [5.74, 6) is -3.90. The Hall–Kier alpha value is -3.35. The van der Waals surface area contributed by atoms with Crippen LogP contribution in [0.3, 0.4) is 0 Å². The van der Waals surface area contributed by atoms with E-state index in [-0.39, 0.29) is 11.4 Å². The maximum absolute atomic E-state index is 14.2. The van der Waals surface area contributed by atoms with Crippen molar-refractivity contribution in [2.24, 2.45) is 0 Å². The Morgan fingerprint density at radius 2 is 2.17 bits per heavy atom. The molecule has 2 aliphatic heterocycles. The lowest BCUT2D eigenvalue weighted by Crippen LogP contribution is -2.41. The number of aliphatic hydroxyl groups excluding tert-OH is 2. The molecule has 12 heteroatoms. The van der Waals surface area contributed by atoms with Gasteiger partial charge in [0, 0.05) is 11.8 Å². The van der Waals surface area contributed by atoms with Crippen LogP contribution in [0.15, 0.2) is 47.7 Å². The molecular formula is C18H16F2N4O6. The maximum Gasteiger partial charge on any atom is 0.351 e. The number of carbonyl (C=O) groups is 1. The summed E-state index contributed by atoms with van der Waals surface area (Å²) in [4.78, 5) is 28.2. The second-order valence-electron chi connectivity index (χ2n) is 6.65. The molecule has 0 saturated carbocycles. The number of carbonyl (C=O) groups excluding carboxylic acids is 1. The third-order valence-corrected chi connectivity index (χ3v) is 4.63. The summed E-state index contributed by atoms with van der Waals surface area (Å²) in [5.41, 5.74) is -0.296. The first-order chi connectivity index (χ1) is 14.2. The van der Waals surface area contributed by atoms with Gasteiger partial charge in [-0.25, -0.2) is 4.79 Å². The summed E-state index contributed by atoms with van der Waals surface area (Å²) in [7, 11) is 0. The summed E-state index contributed by atoms with van der Waals surface area (Å²) in [5, 5.41) is 23.9. The van der Waals surface area contributed by atoms with E-state index < -0.39 is 42.6 Å². The van der Waals surface area contributed by atoms with Gasteiger partial charge in [-0.15, -0.1) is 0 Å². The number of anilines is 2. The van der Waals surface area contributed by atoms with Crippen molar-refractivity contribution in [3.05, 3.63) is 59.0 Å². The van der Waals surface area contributed by atoms with Crippen molar-refractivity contribution in [1.29, 1.82) is 0 Å². The number of amides is 1. The van der Waals surface area contributed by atoms with Gasteiger partial charge in [0.15, 0.2) is 17.7 Å². The smallest absolute Gasteiger partial charge is 0.351 e. The number of halogens is 2. The number of nitrogens with zero attached hydrogens (tertiary/aromatic N) is 2. The molecule has 2 aromatic rings. The van der Waals surface area contributed by atoms with Crippen molar-refractivity contribution in [1.82, 2.24) is 9.55 Å². The van der Waals surface area contributed by atoms with E-state index in [2.05, 4.69) is 22.2 Å². The molecule has 1 fully saturated rings. The van der Waals surface area contributed by atoms with Crippen LogP contribution in [-0.2, 0) is 4.74 Å². The number of alkyl halides is 2. The lowest BCUT2D eigenvalue weighted by Gasteiger charge is -2.21. The minimum absolute atomic E-state index is 0.175. The minimum Gasteiger partial charge on any atom is -0.439 e. The normalized spacial score (nSPS) is 24.1. The average molecular weight is 422 g/mol. The fraction of sp³-hybridized carbons (Fsp3) is 0.278. The fourth-order valence-electron chi connectivity index (χ4n) is 3.13. The number of aliphatic hydroxyl groups is 2. The summed E-state index contributed by atoms with van der Waals surface area (Å²) in [6.07, 6.45) is -5.03. The highest BCUT2D eigenvalue weighted by atomic mass is 19.3. The molecule has 1 amide bonds. The molecule has 3 atom stereocenters. The number of rotatable bonds is 4. The summed E-state index contributed by atoms with van der Waals surface area (Å²) >= 11 is 0. The molecule has 1 aromatic heterocycles. The number of aromatic nitrogens is 2. The molecule has 0 bridgehead atoms. The standard InChI is InChI=1S/C18H16F2N4O6/c1-8-21-10-3-2-9(6-11(10)29-8)15(27)22-13-4-5-24(17(28)23-13)16-18(19,20)14(26)12(7-25)30-16/h2-6,12,14,16,21,25-26H,1,7H2,(H,22,23,27,28)/t12-,14-,16?/m1/s1. The van der Waals surface area contributed by atoms with E-state index in [4.69, 9.17) is 14.6 Å². The van der Waals surface area contributed by atoms with Gasteiger partial charge in [-0.05, 0) is 30.8 Å². The molecule has 10 nitrogen and oxygen atoms in total. The molecule has 3 heterocycles. The van der Waals surface area contributed by atoms with Crippen molar-refractivity contribution in [3.63, 3.8) is 0 Å². The second-order valence-corrected chi connectivity index (χ2v) is 6.65. The number of hydrogen-bond donors (Lipinski definition) is 4. The zero-order valence-corrected chi connectivity index (χ0v) is 15.2. The molecular weight excluding hydrogens is 406 g/mol. The third kappa shape index (κ3) is 3.30. The molecule has 1 unspecified atom stereocenters. The van der Waals surface area contributed by atoms with Crippen molar-refractivity contribution >= 4 is 17.4 Å². The number of nitrogens with one attached hydrogen (secondary N) is 2. The largest absolute Gasteiger partial charge is 0.439 e. The highest BCUT2D eigenvalue weighted by Crippen LogP contribution is 2.42. The highest BCUT2D eigenvalue weighted by molar-refractivity contribution is 6.04. The van der Waals surface area contributed by atoms with Crippen molar-refractivity contribution < 1.29 is 33.3 Å². The Morgan fingerprint density at radius 1 is 1.40 bits per heavy atom. The van der Waals surface area contributed by atoms with E-state index >= 15 is 0 Å². The Balaban J connectivity index is 1.53. The van der Waals surface area contributed by atoms with Crippen LogP contribution in [0.2, 0.25) is 0 Å². The van der Waals surface area contributed by atoms with Gasteiger partial charge in [0.05, 0.1) is 12.3 Å². The van der Waals surface area contributed by atoms with E-state index in [1.54, 1.807) is 6.07 Å². The fourth-order valence-corrected chi connectivity index (χ4v) is 3.13. The monoisotopic (exact) mass is 422 g/mol. The minimum atomic E-state index is -3.83. The molecule has 2 aliphatic rings. The first-order valence-corrected chi connectivity index (χ1v) is 8.71. The van der Waals surface area contributed by atoms with Crippen LogP contribution in [0.25, 0.3) is 0 Å². The van der Waals surface area contributed by atoms with Gasteiger partial charge in [0.25, 0.3) is 5.91 Å². The molecule has 1 saturated heterocycles. The number of benzene rings is 1. The van der Waals surface area contributed by atoms with E-state index in [1.165, 1.54) is 12.1 Å². The van der Waals surface area contributed by atoms with Crippen LogP contribution in [0.4, 0.5) is 20.3 Å². The molecule has 0 aliphatic carbocycles. The SMILES string of the molecule is C=C1Nc2ccc(C(=O)Nc3ccn(C4O[C@H](CO)[C@@H](O)C4(F)F)c(=O)n3)cc2O1. The average Bonchev–Trinajstić information content (AvgIpc) is 3.18. The van der Waals surface area contributed by atoms with E-state index in [1.807, 2.05) is 0 Å². The molecule has 158 valence electrons. The lowest BCUT2D eigenvalue weighted by atomic mass is 10.1. The number of ether oxygens (including phenoxy) is 2. The van der Waals surface area contributed by atoms with Gasteiger partial charge < -0.3 is 30.3 Å². The van der Waals surface area contributed by atoms with Crippen molar-refractivity contribution in [2.75, 3.05) is 17.2 Å². The molecule has 0 radical (unpaired) electrons. The maximum atomic E-state index is 14.2. The van der Waals surface area contributed by atoms with Crippen LogP contribution in [0, 0.1) is 0 Å². The molecule has 4 rings (SSSR count). The Labute approximate surface area is 167 Å². The Morgan fingerprint density at radius 3 is 2.83 bits per heavy atom. The van der Waals surface area contributed by atoms with Crippen LogP contribution < -0.4 is 21.1 Å². The van der Waals surface area contributed by atoms with E-state index in [0.29, 0.717) is 21.9 Å². The van der Waals surface area contributed by atoms with Crippen LogP contribution in [-0.4, -0.2) is 50.4 Å². The quantitative estimate of drug-likeness (QED) is 0.564. The Bertz CT molecular complexity index is 1090. The van der Waals surface area contributed by atoms with E-state index in [9.17, 15) is 23.5 Å². The van der Waals surface area contributed by atoms with Gasteiger partial charge in [0.1, 0.15) is 11.9 Å². The number of fused-ring (bicyclic) bond motifs is 1. The van der Waals surface area contributed by atoms with Crippen LogP contribution in [0.1, 0.15) is 16.6 Å². The molecule has 1 aromatic carbocycles. The molecule has 30 heavy (non-hydrogen) atoms. The topological polar surface area (TPSA) is 135 Å². The molecule has 4 N–H and O–H groups in total. The molecule has 0 spiro atoms. The highest BCUT2D eigenvalue weighted by Gasteiger charge is 2.59. The van der Waals surface area contributed by atoms with Crippen LogP contribution in [0.5, 0.6) is 5.75 Å². The van der Waals surface area contributed by atoms with Gasteiger partial charge in [-0.1, -0.05) is 0 Å². The predicted octanol–water partition coefficient (Wildman–Crippen LogP) is 0.657. The van der Waals surface area contributed by atoms with Crippen LogP contribution >= 0.6 is 0 Å². The summed E-state index contributed by atoms with van der Waals surface area (Å²) in [6.45, 7) is 2.76. The second kappa shape index (κ2) is 7.16. The summed E-state index contributed by atoms with van der Waals surface area (Å²) < 4.78 is 39.1. The van der Waals surface area contributed by atoms with Gasteiger partial charge >= 0.3 is 11.6 Å². The lowest BCUT2D eigenvalue weighted by molar-refractivity contribution is -0.140. The van der Waals surface area contributed by atoms with E-state index in [0.717, 1.165) is 12.3 Å². The zero-order chi connectivity index (χ0) is 21.6. The van der Waals surface area contributed by atoms with Gasteiger partial charge in [0.2, 0.25) is 6.23 Å². The van der Waals surface area contributed by atoms with Gasteiger partial charge in [-0.3, -0.25) is 9.36 Å². The van der Waals surface area contributed by atoms with Gasteiger partial charge in [-0.2, -0.15) is 13.8 Å².